The largest absolute Gasteiger partial charge is 0.343 e. The summed E-state index contributed by atoms with van der Waals surface area (Å²) in [4.78, 5) is 27.3. The van der Waals surface area contributed by atoms with Gasteiger partial charge in [0.1, 0.15) is 5.82 Å². The van der Waals surface area contributed by atoms with E-state index in [1.807, 2.05) is 0 Å². The molecule has 2 amide bonds. The van der Waals surface area contributed by atoms with Crippen molar-refractivity contribution in [1.29, 1.82) is 0 Å². The van der Waals surface area contributed by atoms with E-state index in [0.29, 0.717) is 16.4 Å². The summed E-state index contributed by atoms with van der Waals surface area (Å²) in [6, 6.07) is 6.59. The van der Waals surface area contributed by atoms with Crippen molar-refractivity contribution in [2.75, 3.05) is 11.9 Å². The van der Waals surface area contributed by atoms with Crippen molar-refractivity contribution >= 4 is 29.4 Å². The molecule has 0 saturated heterocycles. The summed E-state index contributed by atoms with van der Waals surface area (Å²) in [6.07, 6.45) is 0. The summed E-state index contributed by atoms with van der Waals surface area (Å²) < 4.78 is 0. The van der Waals surface area contributed by atoms with Gasteiger partial charge in [-0.3, -0.25) is 20.0 Å². The van der Waals surface area contributed by atoms with Gasteiger partial charge in [-0.1, -0.05) is 23.7 Å². The van der Waals surface area contributed by atoms with Crippen LogP contribution in [0.25, 0.3) is 0 Å². The van der Waals surface area contributed by atoms with E-state index in [0.717, 1.165) is 0 Å². The normalized spacial score (nSPS) is 10.1. The minimum atomic E-state index is -0.426. The number of aromatic amines is 1. The predicted molar refractivity (Wildman–Crippen MR) is 73.5 cm³/mol. The third-order valence-corrected chi connectivity index (χ3v) is 2.71. The average molecular weight is 294 g/mol. The Morgan fingerprint density at radius 1 is 1.35 bits per heavy atom. The molecule has 8 heteroatoms. The number of aromatic nitrogens is 3. The fourth-order valence-corrected chi connectivity index (χ4v) is 1.69. The molecule has 1 aromatic carbocycles. The molecule has 0 unspecified atom stereocenters. The number of benzene rings is 1. The van der Waals surface area contributed by atoms with E-state index in [-0.39, 0.29) is 12.5 Å². The molecular formula is C12H12ClN5O2. The van der Waals surface area contributed by atoms with E-state index in [2.05, 4.69) is 25.8 Å². The zero-order chi connectivity index (χ0) is 14.5. The van der Waals surface area contributed by atoms with Crippen molar-refractivity contribution in [1.82, 2.24) is 20.5 Å². The van der Waals surface area contributed by atoms with Crippen LogP contribution in [0.15, 0.2) is 24.3 Å². The highest BCUT2D eigenvalue weighted by Crippen LogP contribution is 2.14. The number of aryl methyl sites for hydroxylation is 1. The second-order valence-electron chi connectivity index (χ2n) is 3.96. The summed E-state index contributed by atoms with van der Waals surface area (Å²) in [5.41, 5.74) is 0.315. The molecule has 0 fully saturated rings. The molecule has 0 saturated carbocycles. The Morgan fingerprint density at radius 2 is 2.10 bits per heavy atom. The van der Waals surface area contributed by atoms with Gasteiger partial charge in [0.2, 0.25) is 11.9 Å². The van der Waals surface area contributed by atoms with Gasteiger partial charge in [-0.25, -0.2) is 0 Å². The summed E-state index contributed by atoms with van der Waals surface area (Å²) in [5.74, 6) is -0.0961. The fraction of sp³-hybridized carbons (Fsp3) is 0.167. The Morgan fingerprint density at radius 3 is 2.75 bits per heavy atom. The van der Waals surface area contributed by atoms with Crippen LogP contribution in [0.1, 0.15) is 16.2 Å². The lowest BCUT2D eigenvalue weighted by atomic mass is 10.2. The van der Waals surface area contributed by atoms with Gasteiger partial charge in [-0.2, -0.15) is 4.98 Å². The van der Waals surface area contributed by atoms with Crippen LogP contribution in [0.2, 0.25) is 5.02 Å². The van der Waals surface area contributed by atoms with Crippen LogP contribution in [0.4, 0.5) is 5.95 Å². The lowest BCUT2D eigenvalue weighted by Gasteiger charge is -2.05. The molecule has 7 nitrogen and oxygen atoms in total. The maximum absolute atomic E-state index is 11.8. The zero-order valence-electron chi connectivity index (χ0n) is 10.6. The molecule has 104 valence electrons. The van der Waals surface area contributed by atoms with E-state index < -0.39 is 11.8 Å². The first-order chi connectivity index (χ1) is 9.56. The standard InChI is InChI=1S/C12H12ClN5O2/c1-7-15-12(18-17-7)16-10(19)6-14-11(20)8-4-2-3-5-9(8)13/h2-5H,6H2,1H3,(H,14,20)(H2,15,16,17,18,19). The Balaban J connectivity index is 1.87. The Bertz CT molecular complexity index is 640. The molecule has 2 aromatic rings. The molecule has 0 aliphatic rings. The average Bonchev–Trinajstić information content (AvgIpc) is 2.82. The molecule has 2 rings (SSSR count). The zero-order valence-corrected chi connectivity index (χ0v) is 11.4. The SMILES string of the molecule is Cc1nc(NC(=O)CNC(=O)c2ccccc2Cl)n[nH]1. The predicted octanol–water partition coefficient (Wildman–Crippen LogP) is 1.14. The third kappa shape index (κ3) is 3.55. The smallest absolute Gasteiger partial charge is 0.253 e. The second-order valence-corrected chi connectivity index (χ2v) is 4.36. The number of nitrogens with one attached hydrogen (secondary N) is 3. The van der Waals surface area contributed by atoms with Crippen molar-refractivity contribution < 1.29 is 9.59 Å². The van der Waals surface area contributed by atoms with E-state index >= 15 is 0 Å². The van der Waals surface area contributed by atoms with Crippen molar-refractivity contribution in [3.63, 3.8) is 0 Å². The quantitative estimate of drug-likeness (QED) is 0.787. The maximum atomic E-state index is 11.8. The monoisotopic (exact) mass is 293 g/mol. The number of nitrogens with zero attached hydrogens (tertiary/aromatic N) is 2. The topological polar surface area (TPSA) is 99.8 Å². The minimum Gasteiger partial charge on any atom is -0.343 e. The van der Waals surface area contributed by atoms with E-state index in [9.17, 15) is 9.59 Å². The molecule has 0 aliphatic heterocycles. The molecule has 0 radical (unpaired) electrons. The number of carbonyl (C=O) groups excluding carboxylic acids is 2. The minimum absolute atomic E-state index is 0.166. The van der Waals surface area contributed by atoms with Gasteiger partial charge >= 0.3 is 0 Å². The lowest BCUT2D eigenvalue weighted by molar-refractivity contribution is -0.115. The number of H-pyrrole nitrogens is 1. The van der Waals surface area contributed by atoms with Crippen molar-refractivity contribution in [2.45, 2.75) is 6.92 Å². The summed E-state index contributed by atoms with van der Waals surface area (Å²) in [7, 11) is 0. The van der Waals surface area contributed by atoms with Crippen molar-refractivity contribution in [2.24, 2.45) is 0 Å². The number of rotatable bonds is 4. The Hall–Kier alpha value is -2.41. The lowest BCUT2D eigenvalue weighted by Crippen LogP contribution is -2.33. The van der Waals surface area contributed by atoms with Crippen LogP contribution < -0.4 is 10.6 Å². The van der Waals surface area contributed by atoms with Crippen molar-refractivity contribution in [3.8, 4) is 0 Å². The number of halogens is 1. The summed E-state index contributed by atoms with van der Waals surface area (Å²) >= 11 is 5.88. The first-order valence-electron chi connectivity index (χ1n) is 5.78. The maximum Gasteiger partial charge on any atom is 0.253 e. The van der Waals surface area contributed by atoms with Crippen LogP contribution in [-0.4, -0.2) is 33.5 Å². The first kappa shape index (κ1) is 14.0. The van der Waals surface area contributed by atoms with E-state index in [1.54, 1.807) is 31.2 Å². The van der Waals surface area contributed by atoms with Gasteiger partial charge in [0.25, 0.3) is 5.91 Å². The van der Waals surface area contributed by atoms with Crippen LogP contribution in [0.3, 0.4) is 0 Å². The molecule has 3 N–H and O–H groups in total. The van der Waals surface area contributed by atoms with Gasteiger partial charge < -0.3 is 5.32 Å². The molecule has 0 bridgehead atoms. The fourth-order valence-electron chi connectivity index (χ4n) is 1.47. The summed E-state index contributed by atoms with van der Waals surface area (Å²) in [5, 5.41) is 11.6. The molecule has 1 heterocycles. The number of amides is 2. The molecular weight excluding hydrogens is 282 g/mol. The first-order valence-corrected chi connectivity index (χ1v) is 6.15. The van der Waals surface area contributed by atoms with Gasteiger partial charge in [0.15, 0.2) is 0 Å². The molecule has 20 heavy (non-hydrogen) atoms. The number of hydrogen-bond donors (Lipinski definition) is 3. The highest BCUT2D eigenvalue weighted by Gasteiger charge is 2.11. The van der Waals surface area contributed by atoms with Gasteiger partial charge in [0, 0.05) is 0 Å². The van der Waals surface area contributed by atoms with Crippen LogP contribution in [-0.2, 0) is 4.79 Å². The number of carbonyl (C=O) groups is 2. The third-order valence-electron chi connectivity index (χ3n) is 2.38. The number of hydrogen-bond acceptors (Lipinski definition) is 4. The van der Waals surface area contributed by atoms with Crippen LogP contribution in [0, 0.1) is 6.92 Å². The van der Waals surface area contributed by atoms with Gasteiger partial charge in [-0.15, -0.1) is 5.10 Å². The second kappa shape index (κ2) is 6.16. The highest BCUT2D eigenvalue weighted by molar-refractivity contribution is 6.33. The Kier molecular flexibility index (Phi) is 4.31. The van der Waals surface area contributed by atoms with E-state index in [1.165, 1.54) is 0 Å². The summed E-state index contributed by atoms with van der Waals surface area (Å²) in [6.45, 7) is 1.51. The Labute approximate surface area is 119 Å². The molecule has 0 spiro atoms. The molecule has 1 aromatic heterocycles. The van der Waals surface area contributed by atoms with Crippen LogP contribution >= 0.6 is 11.6 Å². The highest BCUT2D eigenvalue weighted by atomic mass is 35.5. The molecule has 0 atom stereocenters. The number of anilines is 1. The van der Waals surface area contributed by atoms with E-state index in [4.69, 9.17) is 11.6 Å². The van der Waals surface area contributed by atoms with Gasteiger partial charge in [-0.05, 0) is 19.1 Å². The van der Waals surface area contributed by atoms with Crippen molar-refractivity contribution in [3.05, 3.63) is 40.7 Å². The van der Waals surface area contributed by atoms with Gasteiger partial charge in [0.05, 0.1) is 17.1 Å². The molecule has 0 aliphatic carbocycles. The van der Waals surface area contributed by atoms with Crippen LogP contribution in [0.5, 0.6) is 0 Å².